The summed E-state index contributed by atoms with van der Waals surface area (Å²) in [6, 6.07) is 4.36. The number of benzene rings is 1. The Morgan fingerprint density at radius 3 is 2.68 bits per heavy atom. The molecule has 1 aromatic rings. The number of alkyl halides is 3. The maximum Gasteiger partial charge on any atom is 0.441 e. The smallest absolute Gasteiger partial charge is 0.441 e. The zero-order chi connectivity index (χ0) is 14.5. The topological polar surface area (TPSA) is 61.5 Å². The van der Waals surface area contributed by atoms with Gasteiger partial charge >= 0.3 is 11.5 Å². The number of anilines is 1. The largest absolute Gasteiger partial charge is 0.496 e. The summed E-state index contributed by atoms with van der Waals surface area (Å²) in [6.07, 6.45) is 0. The van der Waals surface area contributed by atoms with Crippen LogP contribution in [0.4, 0.5) is 18.9 Å². The maximum atomic E-state index is 11.9. The van der Waals surface area contributed by atoms with E-state index in [2.05, 4.69) is 0 Å². The molecule has 0 saturated heterocycles. The van der Waals surface area contributed by atoms with Crippen LogP contribution in [0.1, 0.15) is 10.4 Å². The van der Waals surface area contributed by atoms with E-state index in [-0.39, 0.29) is 35.4 Å². The number of esters is 1. The van der Waals surface area contributed by atoms with Crippen LogP contribution in [0.2, 0.25) is 0 Å². The van der Waals surface area contributed by atoms with Gasteiger partial charge in [0.2, 0.25) is 0 Å². The number of thioether (sulfide) groups is 1. The second kappa shape index (κ2) is 6.55. The molecule has 0 amide bonds. The second-order valence-corrected chi connectivity index (χ2v) is 4.55. The molecule has 8 heteroatoms. The van der Waals surface area contributed by atoms with Crippen LogP contribution in [0.25, 0.3) is 0 Å². The lowest BCUT2D eigenvalue weighted by atomic mass is 10.2. The Balaban J connectivity index is 2.56. The zero-order valence-corrected chi connectivity index (χ0v) is 10.8. The Labute approximate surface area is 112 Å². The quantitative estimate of drug-likeness (QED) is 0.514. The monoisotopic (exact) mass is 295 g/mol. The van der Waals surface area contributed by atoms with Crippen molar-refractivity contribution in [2.75, 3.05) is 25.2 Å². The van der Waals surface area contributed by atoms with Gasteiger partial charge in [0, 0.05) is 11.4 Å². The molecule has 2 N–H and O–H groups in total. The Kier molecular flexibility index (Phi) is 5.34. The van der Waals surface area contributed by atoms with Gasteiger partial charge in [-0.25, -0.2) is 4.79 Å². The van der Waals surface area contributed by atoms with E-state index < -0.39 is 11.5 Å². The molecule has 1 aromatic carbocycles. The van der Waals surface area contributed by atoms with Crippen molar-refractivity contribution < 1.29 is 27.4 Å². The van der Waals surface area contributed by atoms with Crippen molar-refractivity contribution in [3.8, 4) is 5.75 Å². The van der Waals surface area contributed by atoms with Gasteiger partial charge in [-0.15, -0.1) is 0 Å². The average Bonchev–Trinajstić information content (AvgIpc) is 2.33. The van der Waals surface area contributed by atoms with Gasteiger partial charge in [-0.2, -0.15) is 13.2 Å². The highest BCUT2D eigenvalue weighted by atomic mass is 32.2. The number of nitrogens with two attached hydrogens (primary N) is 1. The molecule has 0 aromatic heterocycles. The minimum atomic E-state index is -4.33. The molecule has 0 heterocycles. The summed E-state index contributed by atoms with van der Waals surface area (Å²) in [5.41, 5.74) is 1.60. The van der Waals surface area contributed by atoms with E-state index in [0.717, 1.165) is 0 Å². The summed E-state index contributed by atoms with van der Waals surface area (Å²) in [7, 11) is 1.36. The number of ether oxygens (including phenoxy) is 2. The van der Waals surface area contributed by atoms with Crippen LogP contribution in [0.5, 0.6) is 5.75 Å². The maximum absolute atomic E-state index is 11.9. The molecule has 19 heavy (non-hydrogen) atoms. The fourth-order valence-electron chi connectivity index (χ4n) is 1.25. The molecule has 0 atom stereocenters. The molecule has 0 fully saturated rings. The van der Waals surface area contributed by atoms with Gasteiger partial charge in [0.15, 0.2) is 0 Å². The SMILES string of the molecule is COc1ccc(N)cc1C(=O)OCCSC(F)(F)F. The van der Waals surface area contributed by atoms with Crippen molar-refractivity contribution in [1.82, 2.24) is 0 Å². The third-order valence-electron chi connectivity index (χ3n) is 2.03. The summed E-state index contributed by atoms with van der Waals surface area (Å²) >= 11 is -0.249. The normalized spacial score (nSPS) is 11.2. The van der Waals surface area contributed by atoms with E-state index in [0.29, 0.717) is 5.69 Å². The van der Waals surface area contributed by atoms with E-state index in [4.69, 9.17) is 15.2 Å². The van der Waals surface area contributed by atoms with Crippen molar-refractivity contribution in [3.05, 3.63) is 23.8 Å². The summed E-state index contributed by atoms with van der Waals surface area (Å²) in [6.45, 7) is -0.346. The number of halogens is 3. The Morgan fingerprint density at radius 1 is 1.42 bits per heavy atom. The Hall–Kier alpha value is -1.57. The Bertz CT molecular complexity index is 451. The highest BCUT2D eigenvalue weighted by Gasteiger charge is 2.27. The zero-order valence-electron chi connectivity index (χ0n) is 9.99. The number of nitrogen functional groups attached to an aromatic ring is 1. The molecule has 0 spiro atoms. The first-order valence-electron chi connectivity index (χ1n) is 5.15. The first-order chi connectivity index (χ1) is 8.83. The van der Waals surface area contributed by atoms with Crippen LogP contribution in [0.3, 0.4) is 0 Å². The van der Waals surface area contributed by atoms with Crippen LogP contribution in [0.15, 0.2) is 18.2 Å². The van der Waals surface area contributed by atoms with Crippen LogP contribution in [-0.2, 0) is 4.74 Å². The van der Waals surface area contributed by atoms with Gasteiger partial charge in [0.05, 0.1) is 7.11 Å². The van der Waals surface area contributed by atoms with E-state index in [1.54, 1.807) is 0 Å². The lowest BCUT2D eigenvalue weighted by Gasteiger charge is -2.10. The fraction of sp³-hybridized carbons (Fsp3) is 0.364. The first kappa shape index (κ1) is 15.5. The molecule has 0 saturated carbocycles. The third-order valence-corrected chi connectivity index (χ3v) is 2.72. The average molecular weight is 295 g/mol. The number of hydrogen-bond acceptors (Lipinski definition) is 5. The molecular formula is C11H12F3NO3S. The minimum Gasteiger partial charge on any atom is -0.496 e. The highest BCUT2D eigenvalue weighted by Crippen LogP contribution is 2.29. The predicted molar refractivity (Wildman–Crippen MR) is 66.2 cm³/mol. The van der Waals surface area contributed by atoms with E-state index in [1.807, 2.05) is 0 Å². The minimum absolute atomic E-state index is 0.0829. The van der Waals surface area contributed by atoms with Gasteiger partial charge in [-0.05, 0) is 30.0 Å². The number of rotatable bonds is 5. The highest BCUT2D eigenvalue weighted by molar-refractivity contribution is 8.00. The molecule has 4 nitrogen and oxygen atoms in total. The summed E-state index contributed by atoms with van der Waals surface area (Å²) in [5.74, 6) is -0.880. The number of hydrogen-bond donors (Lipinski definition) is 1. The standard InChI is InChI=1S/C11H12F3NO3S/c1-17-9-3-2-7(15)6-8(9)10(16)18-4-5-19-11(12,13)14/h2-3,6H,4-5,15H2,1H3. The van der Waals surface area contributed by atoms with E-state index >= 15 is 0 Å². The van der Waals surface area contributed by atoms with Crippen molar-refractivity contribution in [1.29, 1.82) is 0 Å². The van der Waals surface area contributed by atoms with Crippen LogP contribution >= 0.6 is 11.8 Å². The number of carbonyl (C=O) groups is 1. The van der Waals surface area contributed by atoms with E-state index in [1.165, 1.54) is 25.3 Å². The summed E-state index contributed by atoms with van der Waals surface area (Å²) in [5, 5.41) is 0. The predicted octanol–water partition coefficient (Wildman–Crippen LogP) is 2.69. The molecule has 0 unspecified atom stereocenters. The van der Waals surface area contributed by atoms with Crippen molar-refractivity contribution >= 4 is 23.4 Å². The lowest BCUT2D eigenvalue weighted by molar-refractivity contribution is -0.0331. The lowest BCUT2D eigenvalue weighted by Crippen LogP contribution is -2.12. The second-order valence-electron chi connectivity index (χ2n) is 3.39. The van der Waals surface area contributed by atoms with Gasteiger partial charge in [0.25, 0.3) is 0 Å². The van der Waals surface area contributed by atoms with Gasteiger partial charge in [-0.3, -0.25) is 0 Å². The van der Waals surface area contributed by atoms with Gasteiger partial charge in [-0.1, -0.05) is 0 Å². The molecule has 0 bridgehead atoms. The Morgan fingerprint density at radius 2 is 2.11 bits per heavy atom. The van der Waals surface area contributed by atoms with Gasteiger partial charge < -0.3 is 15.2 Å². The van der Waals surface area contributed by atoms with Crippen LogP contribution in [0, 0.1) is 0 Å². The number of carbonyl (C=O) groups excluding carboxylic acids is 1. The van der Waals surface area contributed by atoms with Gasteiger partial charge in [0.1, 0.15) is 17.9 Å². The van der Waals surface area contributed by atoms with Crippen LogP contribution < -0.4 is 10.5 Å². The molecule has 106 valence electrons. The molecule has 0 aliphatic carbocycles. The van der Waals surface area contributed by atoms with Crippen molar-refractivity contribution in [3.63, 3.8) is 0 Å². The first-order valence-corrected chi connectivity index (χ1v) is 6.13. The van der Waals surface area contributed by atoms with Crippen molar-refractivity contribution in [2.24, 2.45) is 0 Å². The molecule has 0 aliphatic rings. The van der Waals surface area contributed by atoms with E-state index in [9.17, 15) is 18.0 Å². The molecular weight excluding hydrogens is 283 g/mol. The summed E-state index contributed by atoms with van der Waals surface area (Å²) < 4.78 is 45.2. The van der Waals surface area contributed by atoms with Crippen LogP contribution in [-0.4, -0.2) is 30.9 Å². The number of methoxy groups -OCH3 is 1. The third kappa shape index (κ3) is 5.29. The fourth-order valence-corrected chi connectivity index (χ4v) is 1.65. The molecule has 0 radical (unpaired) electrons. The molecule has 1 rings (SSSR count). The van der Waals surface area contributed by atoms with Crippen molar-refractivity contribution in [2.45, 2.75) is 5.51 Å². The summed E-state index contributed by atoms with van der Waals surface area (Å²) in [4.78, 5) is 11.7. The molecule has 0 aliphatic heterocycles.